The van der Waals surface area contributed by atoms with Crippen molar-refractivity contribution in [1.29, 1.82) is 0 Å². The first-order chi connectivity index (χ1) is 9.60. The van der Waals surface area contributed by atoms with Gasteiger partial charge in [-0.15, -0.1) is 0 Å². The van der Waals surface area contributed by atoms with Crippen LogP contribution in [0.4, 0.5) is 5.69 Å². The van der Waals surface area contributed by atoms with Crippen molar-refractivity contribution in [2.75, 3.05) is 18.5 Å². The van der Waals surface area contributed by atoms with Gasteiger partial charge in [-0.3, -0.25) is 4.79 Å². The lowest BCUT2D eigenvalue weighted by atomic mass is 9.93. The number of aliphatic hydroxyl groups is 1. The maximum Gasteiger partial charge on any atom is 0.251 e. The molecule has 0 aliphatic heterocycles. The number of hydrogen-bond donors (Lipinski definition) is 2. The molecule has 4 nitrogen and oxygen atoms in total. The van der Waals surface area contributed by atoms with Gasteiger partial charge in [0.1, 0.15) is 0 Å². The molecule has 1 saturated carbocycles. The van der Waals surface area contributed by atoms with E-state index in [0.29, 0.717) is 5.56 Å². The third-order valence-corrected chi connectivity index (χ3v) is 4.08. The highest BCUT2D eigenvalue weighted by Crippen LogP contribution is 2.19. The second kappa shape index (κ2) is 6.75. The number of aliphatic hydroxyl groups excluding tert-OH is 1. The third-order valence-electron chi connectivity index (χ3n) is 4.08. The van der Waals surface area contributed by atoms with Gasteiger partial charge < -0.3 is 15.3 Å². The number of nitrogens with zero attached hydrogens (tertiary/aromatic N) is 1. The first-order valence-corrected chi connectivity index (χ1v) is 7.40. The summed E-state index contributed by atoms with van der Waals surface area (Å²) in [5, 5.41) is 12.5. The van der Waals surface area contributed by atoms with Crippen molar-refractivity contribution >= 4 is 11.6 Å². The van der Waals surface area contributed by atoms with Crippen LogP contribution in [0.25, 0.3) is 0 Å². The Morgan fingerprint density at radius 2 is 1.85 bits per heavy atom. The van der Waals surface area contributed by atoms with E-state index in [9.17, 15) is 9.90 Å². The average molecular weight is 276 g/mol. The van der Waals surface area contributed by atoms with Crippen LogP contribution in [0.1, 0.15) is 43.0 Å². The molecule has 1 aliphatic carbocycles. The molecule has 20 heavy (non-hydrogen) atoms. The van der Waals surface area contributed by atoms with Crippen molar-refractivity contribution < 1.29 is 9.90 Å². The summed E-state index contributed by atoms with van der Waals surface area (Å²) in [5.41, 5.74) is 1.81. The highest BCUT2D eigenvalue weighted by atomic mass is 16.3. The van der Waals surface area contributed by atoms with Gasteiger partial charge in [-0.05, 0) is 56.9 Å². The van der Waals surface area contributed by atoms with E-state index >= 15 is 0 Å². The molecule has 0 bridgehead atoms. The molecular weight excluding hydrogens is 252 g/mol. The quantitative estimate of drug-likeness (QED) is 0.886. The summed E-state index contributed by atoms with van der Waals surface area (Å²) in [7, 11) is 2.03. The van der Waals surface area contributed by atoms with E-state index in [2.05, 4.69) is 17.1 Å². The molecule has 0 atom stereocenters. The summed E-state index contributed by atoms with van der Waals surface area (Å²) in [4.78, 5) is 14.3. The van der Waals surface area contributed by atoms with Crippen molar-refractivity contribution in [2.45, 2.75) is 44.8 Å². The Hall–Kier alpha value is -1.55. The van der Waals surface area contributed by atoms with Gasteiger partial charge >= 0.3 is 0 Å². The number of amides is 1. The minimum absolute atomic E-state index is 0.0166. The van der Waals surface area contributed by atoms with Gasteiger partial charge in [-0.1, -0.05) is 0 Å². The van der Waals surface area contributed by atoms with Crippen LogP contribution < -0.4 is 10.2 Å². The second-order valence-electron chi connectivity index (χ2n) is 5.54. The molecule has 0 saturated heterocycles. The Morgan fingerprint density at radius 1 is 1.25 bits per heavy atom. The van der Waals surface area contributed by atoms with Crippen LogP contribution in [0, 0.1) is 0 Å². The lowest BCUT2D eigenvalue weighted by Crippen LogP contribution is -2.38. The fourth-order valence-corrected chi connectivity index (χ4v) is 2.54. The van der Waals surface area contributed by atoms with Gasteiger partial charge in [-0.2, -0.15) is 0 Å². The van der Waals surface area contributed by atoms with Crippen LogP contribution in [0.3, 0.4) is 0 Å². The highest BCUT2D eigenvalue weighted by Gasteiger charge is 2.21. The summed E-state index contributed by atoms with van der Waals surface area (Å²) in [5.74, 6) is -0.0166. The molecule has 0 aromatic heterocycles. The average Bonchev–Trinajstić information content (AvgIpc) is 2.49. The first-order valence-electron chi connectivity index (χ1n) is 7.40. The predicted molar refractivity (Wildman–Crippen MR) is 81.1 cm³/mol. The summed E-state index contributed by atoms with van der Waals surface area (Å²) in [6, 6.07) is 7.89. The summed E-state index contributed by atoms with van der Waals surface area (Å²) in [6.45, 7) is 3.04. The largest absolute Gasteiger partial charge is 0.393 e. The summed E-state index contributed by atoms with van der Waals surface area (Å²) >= 11 is 0. The second-order valence-corrected chi connectivity index (χ2v) is 5.54. The molecule has 0 unspecified atom stereocenters. The van der Waals surface area contributed by atoms with E-state index in [0.717, 1.165) is 37.9 Å². The topological polar surface area (TPSA) is 52.6 Å². The third kappa shape index (κ3) is 3.73. The van der Waals surface area contributed by atoms with Crippen LogP contribution in [0.5, 0.6) is 0 Å². The number of hydrogen-bond acceptors (Lipinski definition) is 3. The van der Waals surface area contributed by atoms with Gasteiger partial charge in [0, 0.05) is 30.9 Å². The number of carbonyl (C=O) groups excluding carboxylic acids is 1. The molecule has 2 rings (SSSR count). The SMILES string of the molecule is CCN(C)c1ccc(C(=O)NC2CCC(O)CC2)cc1. The molecule has 1 fully saturated rings. The van der Waals surface area contributed by atoms with Gasteiger partial charge in [0.15, 0.2) is 0 Å². The van der Waals surface area contributed by atoms with Crippen molar-refractivity contribution in [3.8, 4) is 0 Å². The van der Waals surface area contributed by atoms with Crippen molar-refractivity contribution in [3.05, 3.63) is 29.8 Å². The first kappa shape index (κ1) is 14.9. The zero-order valence-electron chi connectivity index (χ0n) is 12.3. The van der Waals surface area contributed by atoms with Crippen LogP contribution in [0.15, 0.2) is 24.3 Å². The monoisotopic (exact) mass is 276 g/mol. The molecule has 110 valence electrons. The van der Waals surface area contributed by atoms with Gasteiger partial charge in [0.2, 0.25) is 0 Å². The molecule has 0 spiro atoms. The summed E-state index contributed by atoms with van der Waals surface area (Å²) in [6.07, 6.45) is 3.11. The minimum Gasteiger partial charge on any atom is -0.393 e. The molecule has 1 aromatic rings. The zero-order chi connectivity index (χ0) is 14.5. The van der Waals surface area contributed by atoms with Crippen LogP contribution >= 0.6 is 0 Å². The number of carbonyl (C=O) groups is 1. The number of rotatable bonds is 4. The van der Waals surface area contributed by atoms with Crippen molar-refractivity contribution in [2.24, 2.45) is 0 Å². The maximum absolute atomic E-state index is 12.2. The van der Waals surface area contributed by atoms with E-state index in [-0.39, 0.29) is 18.1 Å². The lowest BCUT2D eigenvalue weighted by molar-refractivity contribution is 0.0867. The molecular formula is C16H24N2O2. The minimum atomic E-state index is -0.188. The van der Waals surface area contributed by atoms with Crippen LogP contribution in [-0.2, 0) is 0 Å². The van der Waals surface area contributed by atoms with Crippen LogP contribution in [0.2, 0.25) is 0 Å². The normalized spacial score (nSPS) is 22.4. The fraction of sp³-hybridized carbons (Fsp3) is 0.562. The van der Waals surface area contributed by atoms with E-state index in [4.69, 9.17) is 0 Å². The molecule has 2 N–H and O–H groups in total. The Bertz CT molecular complexity index is 436. The number of benzene rings is 1. The molecule has 1 aromatic carbocycles. The van der Waals surface area contributed by atoms with E-state index < -0.39 is 0 Å². The van der Waals surface area contributed by atoms with Crippen molar-refractivity contribution in [1.82, 2.24) is 5.32 Å². The fourth-order valence-electron chi connectivity index (χ4n) is 2.54. The van der Waals surface area contributed by atoms with Crippen LogP contribution in [-0.4, -0.2) is 36.8 Å². The number of nitrogens with one attached hydrogen (secondary N) is 1. The van der Waals surface area contributed by atoms with E-state index in [1.54, 1.807) is 0 Å². The zero-order valence-corrected chi connectivity index (χ0v) is 12.3. The lowest BCUT2D eigenvalue weighted by Gasteiger charge is -2.26. The highest BCUT2D eigenvalue weighted by molar-refractivity contribution is 5.94. The Morgan fingerprint density at radius 3 is 2.40 bits per heavy atom. The molecule has 1 amide bonds. The van der Waals surface area contributed by atoms with Gasteiger partial charge in [-0.25, -0.2) is 0 Å². The smallest absolute Gasteiger partial charge is 0.251 e. The Kier molecular flexibility index (Phi) is 5.01. The number of anilines is 1. The van der Waals surface area contributed by atoms with Gasteiger partial charge in [0.05, 0.1) is 6.10 Å². The molecule has 4 heteroatoms. The van der Waals surface area contributed by atoms with Crippen molar-refractivity contribution in [3.63, 3.8) is 0 Å². The van der Waals surface area contributed by atoms with E-state index in [1.165, 1.54) is 0 Å². The predicted octanol–water partition coefficient (Wildman–Crippen LogP) is 2.18. The Labute approximate surface area is 120 Å². The summed E-state index contributed by atoms with van der Waals surface area (Å²) < 4.78 is 0. The maximum atomic E-state index is 12.2. The molecule has 0 heterocycles. The van der Waals surface area contributed by atoms with Gasteiger partial charge in [0.25, 0.3) is 5.91 Å². The Balaban J connectivity index is 1.92. The van der Waals surface area contributed by atoms with E-state index in [1.807, 2.05) is 31.3 Å². The molecule has 1 aliphatic rings. The standard InChI is InChI=1S/C16H24N2O2/c1-3-18(2)14-8-4-12(5-9-14)16(20)17-13-6-10-15(19)11-7-13/h4-5,8-9,13,15,19H,3,6-7,10-11H2,1-2H3,(H,17,20). The molecule has 0 radical (unpaired) electrons.